The number of hydrogen-bond donors (Lipinski definition) is 1. The highest BCUT2D eigenvalue weighted by Crippen LogP contribution is 2.17. The average molecular weight is 255 g/mol. The SMILES string of the molecule is Cc1ccc(CCCC(=O)N(C)CC(=O)O)s1. The number of amides is 1. The number of carbonyl (C=O) groups excluding carboxylic acids is 1. The number of likely N-dealkylation sites (N-methyl/N-ethyl adjacent to an activating group) is 1. The van der Waals surface area contributed by atoms with E-state index in [0.717, 1.165) is 12.8 Å². The predicted molar refractivity (Wildman–Crippen MR) is 67.3 cm³/mol. The van der Waals surface area contributed by atoms with Gasteiger partial charge >= 0.3 is 5.97 Å². The lowest BCUT2D eigenvalue weighted by atomic mass is 10.2. The molecule has 0 saturated carbocycles. The van der Waals surface area contributed by atoms with E-state index in [-0.39, 0.29) is 12.5 Å². The molecule has 0 aliphatic carbocycles. The number of aliphatic carboxylic acids is 1. The second kappa shape index (κ2) is 6.39. The number of rotatable bonds is 6. The van der Waals surface area contributed by atoms with Crippen LogP contribution in [0, 0.1) is 6.92 Å². The second-order valence-electron chi connectivity index (χ2n) is 4.01. The summed E-state index contributed by atoms with van der Waals surface area (Å²) in [5.41, 5.74) is 0. The van der Waals surface area contributed by atoms with Crippen LogP contribution in [0.15, 0.2) is 12.1 Å². The lowest BCUT2D eigenvalue weighted by molar-refractivity contribution is -0.143. The number of carboxylic acid groups (broad SMARTS) is 1. The number of carbonyl (C=O) groups is 2. The van der Waals surface area contributed by atoms with Crippen LogP contribution in [0.1, 0.15) is 22.6 Å². The lowest BCUT2D eigenvalue weighted by Crippen LogP contribution is -2.31. The third-order valence-electron chi connectivity index (χ3n) is 2.41. The summed E-state index contributed by atoms with van der Waals surface area (Å²) in [5.74, 6) is -1.09. The molecule has 1 heterocycles. The summed E-state index contributed by atoms with van der Waals surface area (Å²) in [4.78, 5) is 25.8. The molecule has 0 spiro atoms. The molecule has 0 atom stereocenters. The molecule has 94 valence electrons. The highest BCUT2D eigenvalue weighted by atomic mass is 32.1. The first kappa shape index (κ1) is 13.7. The number of carboxylic acids is 1. The molecule has 0 aromatic carbocycles. The average Bonchev–Trinajstić information content (AvgIpc) is 2.63. The molecule has 17 heavy (non-hydrogen) atoms. The van der Waals surface area contributed by atoms with Crippen molar-refractivity contribution in [1.29, 1.82) is 0 Å². The van der Waals surface area contributed by atoms with Crippen LogP contribution < -0.4 is 0 Å². The minimum absolute atomic E-state index is 0.110. The van der Waals surface area contributed by atoms with Gasteiger partial charge < -0.3 is 10.0 Å². The predicted octanol–water partition coefficient (Wildman–Crippen LogP) is 1.92. The molecule has 1 amide bonds. The van der Waals surface area contributed by atoms with Gasteiger partial charge in [-0.2, -0.15) is 0 Å². The van der Waals surface area contributed by atoms with E-state index in [1.54, 1.807) is 11.3 Å². The fraction of sp³-hybridized carbons (Fsp3) is 0.500. The summed E-state index contributed by atoms with van der Waals surface area (Å²) in [6, 6.07) is 4.14. The zero-order valence-corrected chi connectivity index (χ0v) is 10.9. The zero-order chi connectivity index (χ0) is 12.8. The summed E-state index contributed by atoms with van der Waals surface area (Å²) < 4.78 is 0. The van der Waals surface area contributed by atoms with Crippen molar-refractivity contribution < 1.29 is 14.7 Å². The maximum Gasteiger partial charge on any atom is 0.323 e. The van der Waals surface area contributed by atoms with Gasteiger partial charge in [0, 0.05) is 23.2 Å². The summed E-state index contributed by atoms with van der Waals surface area (Å²) in [6.07, 6.45) is 2.05. The minimum atomic E-state index is -0.977. The maximum atomic E-state index is 11.5. The zero-order valence-electron chi connectivity index (χ0n) is 10.1. The molecule has 1 aromatic rings. The van der Waals surface area contributed by atoms with Crippen LogP contribution in [0.5, 0.6) is 0 Å². The molecule has 1 aromatic heterocycles. The van der Waals surface area contributed by atoms with Gasteiger partial charge in [0.15, 0.2) is 0 Å². The van der Waals surface area contributed by atoms with Crippen molar-refractivity contribution in [3.05, 3.63) is 21.9 Å². The second-order valence-corrected chi connectivity index (χ2v) is 5.38. The molecule has 0 aliphatic heterocycles. The van der Waals surface area contributed by atoms with E-state index in [0.29, 0.717) is 6.42 Å². The van der Waals surface area contributed by atoms with Crippen LogP contribution >= 0.6 is 11.3 Å². The molecular formula is C12H17NO3S. The molecule has 0 saturated heterocycles. The van der Waals surface area contributed by atoms with Crippen molar-refractivity contribution in [3.63, 3.8) is 0 Å². The first-order valence-corrected chi connectivity index (χ1v) is 6.31. The minimum Gasteiger partial charge on any atom is -0.480 e. The number of hydrogen-bond acceptors (Lipinski definition) is 3. The van der Waals surface area contributed by atoms with Gasteiger partial charge in [-0.05, 0) is 31.9 Å². The van der Waals surface area contributed by atoms with E-state index in [9.17, 15) is 9.59 Å². The van der Waals surface area contributed by atoms with Crippen molar-refractivity contribution in [2.75, 3.05) is 13.6 Å². The van der Waals surface area contributed by atoms with Crippen LogP contribution in [-0.2, 0) is 16.0 Å². The Morgan fingerprint density at radius 3 is 2.65 bits per heavy atom. The van der Waals surface area contributed by atoms with Gasteiger partial charge in [-0.1, -0.05) is 0 Å². The Kier molecular flexibility index (Phi) is 5.15. The topological polar surface area (TPSA) is 57.6 Å². The molecule has 0 aliphatic rings. The van der Waals surface area contributed by atoms with Crippen LogP contribution in [0.25, 0.3) is 0 Å². The smallest absolute Gasteiger partial charge is 0.323 e. The van der Waals surface area contributed by atoms with E-state index >= 15 is 0 Å². The van der Waals surface area contributed by atoms with Gasteiger partial charge in [-0.3, -0.25) is 9.59 Å². The Labute approximate surface area is 105 Å². The van der Waals surface area contributed by atoms with Gasteiger partial charge in [0.1, 0.15) is 6.54 Å². The van der Waals surface area contributed by atoms with Crippen LogP contribution in [0.2, 0.25) is 0 Å². The van der Waals surface area contributed by atoms with Crippen molar-refractivity contribution in [2.45, 2.75) is 26.2 Å². The fourth-order valence-electron chi connectivity index (χ4n) is 1.52. The number of nitrogens with zero attached hydrogens (tertiary/aromatic N) is 1. The molecular weight excluding hydrogens is 238 g/mol. The summed E-state index contributed by atoms with van der Waals surface area (Å²) in [5, 5.41) is 8.55. The van der Waals surface area contributed by atoms with E-state index < -0.39 is 5.97 Å². The van der Waals surface area contributed by atoms with E-state index in [1.165, 1.54) is 21.7 Å². The largest absolute Gasteiger partial charge is 0.480 e. The third-order valence-corrected chi connectivity index (χ3v) is 3.47. The van der Waals surface area contributed by atoms with Gasteiger partial charge in [-0.25, -0.2) is 0 Å². The Bertz CT molecular complexity index is 400. The van der Waals surface area contributed by atoms with Crippen molar-refractivity contribution >= 4 is 23.2 Å². The summed E-state index contributed by atoms with van der Waals surface area (Å²) in [7, 11) is 1.52. The molecule has 0 fully saturated rings. The molecule has 1 N–H and O–H groups in total. The standard InChI is InChI=1S/C12H17NO3S/c1-9-6-7-10(17-9)4-3-5-11(14)13(2)8-12(15)16/h6-7H,3-5,8H2,1-2H3,(H,15,16). The monoisotopic (exact) mass is 255 g/mol. The normalized spacial score (nSPS) is 10.2. The van der Waals surface area contributed by atoms with Crippen LogP contribution in [0.4, 0.5) is 0 Å². The van der Waals surface area contributed by atoms with E-state index in [4.69, 9.17) is 5.11 Å². The molecule has 0 radical (unpaired) electrons. The molecule has 4 nitrogen and oxygen atoms in total. The highest BCUT2D eigenvalue weighted by molar-refractivity contribution is 7.11. The van der Waals surface area contributed by atoms with Crippen molar-refractivity contribution in [2.24, 2.45) is 0 Å². The Morgan fingerprint density at radius 2 is 2.12 bits per heavy atom. The van der Waals surface area contributed by atoms with Crippen molar-refractivity contribution in [1.82, 2.24) is 4.90 Å². The highest BCUT2D eigenvalue weighted by Gasteiger charge is 2.11. The summed E-state index contributed by atoms with van der Waals surface area (Å²) in [6.45, 7) is 1.83. The van der Waals surface area contributed by atoms with E-state index in [2.05, 4.69) is 19.1 Å². The first-order valence-electron chi connectivity index (χ1n) is 5.50. The van der Waals surface area contributed by atoms with E-state index in [1.807, 2.05) is 0 Å². The fourth-order valence-corrected chi connectivity index (χ4v) is 2.45. The van der Waals surface area contributed by atoms with Gasteiger partial charge in [0.25, 0.3) is 0 Å². The molecule has 0 unspecified atom stereocenters. The van der Waals surface area contributed by atoms with Gasteiger partial charge in [0.05, 0.1) is 0 Å². The van der Waals surface area contributed by atoms with Crippen LogP contribution in [-0.4, -0.2) is 35.5 Å². The molecule has 0 bridgehead atoms. The number of aryl methyl sites for hydroxylation is 2. The lowest BCUT2D eigenvalue weighted by Gasteiger charge is -2.13. The Balaban J connectivity index is 2.26. The van der Waals surface area contributed by atoms with Crippen molar-refractivity contribution in [3.8, 4) is 0 Å². The number of thiophene rings is 1. The van der Waals surface area contributed by atoms with Gasteiger partial charge in [-0.15, -0.1) is 11.3 Å². The Hall–Kier alpha value is -1.36. The van der Waals surface area contributed by atoms with Crippen LogP contribution in [0.3, 0.4) is 0 Å². The molecule has 1 rings (SSSR count). The van der Waals surface area contributed by atoms with Gasteiger partial charge in [0.2, 0.25) is 5.91 Å². The third kappa shape index (κ3) is 4.99. The molecule has 5 heteroatoms. The maximum absolute atomic E-state index is 11.5. The Morgan fingerprint density at radius 1 is 1.41 bits per heavy atom. The summed E-state index contributed by atoms with van der Waals surface area (Å²) >= 11 is 1.74. The quantitative estimate of drug-likeness (QED) is 0.845. The first-order chi connectivity index (χ1) is 7.99.